The van der Waals surface area contributed by atoms with Crippen molar-refractivity contribution < 1.29 is 24.2 Å². The number of carbonyl (C=O) groups is 2. The third-order valence-electron chi connectivity index (χ3n) is 4.48. The molecule has 0 saturated carbocycles. The molecule has 0 bridgehead atoms. The van der Waals surface area contributed by atoms with E-state index >= 15 is 0 Å². The molecule has 0 saturated heterocycles. The molecular weight excluding hydrogens is 320 g/mol. The molecule has 0 aliphatic heterocycles. The average Bonchev–Trinajstić information content (AvgIpc) is 2.91. The molecule has 0 amide bonds. The summed E-state index contributed by atoms with van der Waals surface area (Å²) >= 11 is 0. The molecular formula is C20H32O5. The van der Waals surface area contributed by atoms with Crippen LogP contribution in [0.3, 0.4) is 0 Å². The van der Waals surface area contributed by atoms with Gasteiger partial charge in [0, 0.05) is 18.4 Å². The van der Waals surface area contributed by atoms with E-state index in [1.807, 2.05) is 0 Å². The van der Waals surface area contributed by atoms with E-state index in [-0.39, 0.29) is 18.4 Å². The van der Waals surface area contributed by atoms with Crippen molar-refractivity contribution in [1.82, 2.24) is 0 Å². The Morgan fingerprint density at radius 1 is 0.800 bits per heavy atom. The lowest BCUT2D eigenvalue weighted by Crippen LogP contribution is -2.06. The molecule has 2 N–H and O–H groups in total. The van der Waals surface area contributed by atoms with Crippen LogP contribution in [0.15, 0.2) is 4.42 Å². The molecule has 1 heterocycles. The Balaban J connectivity index is 2.94. The van der Waals surface area contributed by atoms with Crippen LogP contribution in [0, 0.1) is 0 Å². The van der Waals surface area contributed by atoms with E-state index in [9.17, 15) is 14.7 Å². The summed E-state index contributed by atoms with van der Waals surface area (Å²) in [4.78, 5) is 22.6. The third-order valence-corrected chi connectivity index (χ3v) is 4.48. The lowest BCUT2D eigenvalue weighted by molar-refractivity contribution is -0.137. The van der Waals surface area contributed by atoms with Crippen LogP contribution in [0.5, 0.6) is 0 Å². The maximum atomic E-state index is 11.7. The number of hydrogen-bond acceptors (Lipinski definition) is 3. The van der Waals surface area contributed by atoms with Gasteiger partial charge in [0.2, 0.25) is 0 Å². The van der Waals surface area contributed by atoms with Crippen molar-refractivity contribution in [2.45, 2.75) is 90.9 Å². The number of hydrogen-bond donors (Lipinski definition) is 2. The molecule has 1 rings (SSSR count). The number of carboxylic acid groups (broad SMARTS) is 2. The van der Waals surface area contributed by atoms with E-state index in [2.05, 4.69) is 13.8 Å². The summed E-state index contributed by atoms with van der Waals surface area (Å²) in [5, 5.41) is 18.5. The van der Waals surface area contributed by atoms with Crippen LogP contribution in [0.4, 0.5) is 0 Å². The second kappa shape index (κ2) is 11.7. The SMILES string of the molecule is CCCCCCCc1oc(CCC(=O)O)c(C(=O)O)c1CCCCC. The number of aliphatic carboxylic acids is 1. The van der Waals surface area contributed by atoms with Crippen molar-refractivity contribution in [1.29, 1.82) is 0 Å². The van der Waals surface area contributed by atoms with Crippen LogP contribution in [-0.2, 0) is 24.1 Å². The fourth-order valence-corrected chi connectivity index (χ4v) is 3.12. The largest absolute Gasteiger partial charge is 0.481 e. The van der Waals surface area contributed by atoms with Gasteiger partial charge < -0.3 is 14.6 Å². The zero-order valence-electron chi connectivity index (χ0n) is 15.6. The number of rotatable bonds is 14. The number of aromatic carboxylic acids is 1. The summed E-state index contributed by atoms with van der Waals surface area (Å²) in [5.41, 5.74) is 0.998. The Labute approximate surface area is 150 Å². The zero-order valence-corrected chi connectivity index (χ0v) is 15.6. The molecule has 0 atom stereocenters. The van der Waals surface area contributed by atoms with Gasteiger partial charge in [-0.2, -0.15) is 0 Å². The molecule has 0 aliphatic rings. The Morgan fingerprint density at radius 3 is 2.00 bits per heavy atom. The van der Waals surface area contributed by atoms with Gasteiger partial charge in [-0.25, -0.2) is 4.79 Å². The Kier molecular flexibility index (Phi) is 9.97. The van der Waals surface area contributed by atoms with Crippen molar-refractivity contribution >= 4 is 11.9 Å². The Bertz CT molecular complexity index is 545. The van der Waals surface area contributed by atoms with E-state index in [0.717, 1.165) is 49.8 Å². The number of furan rings is 1. The van der Waals surface area contributed by atoms with Gasteiger partial charge in [-0.05, 0) is 19.3 Å². The van der Waals surface area contributed by atoms with Crippen molar-refractivity contribution in [3.8, 4) is 0 Å². The summed E-state index contributed by atoms with van der Waals surface area (Å²) in [6.45, 7) is 4.28. The molecule has 25 heavy (non-hydrogen) atoms. The molecule has 5 nitrogen and oxygen atoms in total. The highest BCUT2D eigenvalue weighted by Gasteiger charge is 2.24. The first-order chi connectivity index (χ1) is 12.0. The highest BCUT2D eigenvalue weighted by atomic mass is 16.4. The van der Waals surface area contributed by atoms with Gasteiger partial charge in [-0.15, -0.1) is 0 Å². The minimum absolute atomic E-state index is 0.113. The summed E-state index contributed by atoms with van der Waals surface area (Å²) in [6, 6.07) is 0. The van der Waals surface area contributed by atoms with Gasteiger partial charge in [0.1, 0.15) is 17.1 Å². The van der Waals surface area contributed by atoms with Crippen LogP contribution in [0.1, 0.15) is 99.1 Å². The predicted octanol–water partition coefficient (Wildman–Crippen LogP) is 5.24. The molecule has 0 fully saturated rings. The smallest absolute Gasteiger partial charge is 0.339 e. The van der Waals surface area contributed by atoms with E-state index in [1.165, 1.54) is 19.3 Å². The lowest BCUT2D eigenvalue weighted by atomic mass is 9.98. The van der Waals surface area contributed by atoms with Crippen molar-refractivity contribution in [2.75, 3.05) is 0 Å². The van der Waals surface area contributed by atoms with E-state index in [1.54, 1.807) is 0 Å². The second-order valence-electron chi connectivity index (χ2n) is 6.62. The molecule has 0 aliphatic carbocycles. The molecule has 0 unspecified atom stereocenters. The van der Waals surface area contributed by atoms with Crippen LogP contribution in [0.2, 0.25) is 0 Å². The fourth-order valence-electron chi connectivity index (χ4n) is 3.12. The molecule has 0 spiro atoms. The average molecular weight is 352 g/mol. The monoisotopic (exact) mass is 352 g/mol. The van der Waals surface area contributed by atoms with Crippen LogP contribution >= 0.6 is 0 Å². The van der Waals surface area contributed by atoms with Crippen molar-refractivity contribution in [2.24, 2.45) is 0 Å². The standard InChI is InChI=1S/C20H32O5/c1-3-5-7-8-10-12-16-15(11-9-6-4-2)19(20(23)24)17(25-16)13-14-18(21)22/h3-14H2,1-2H3,(H,21,22)(H,23,24). The minimum Gasteiger partial charge on any atom is -0.481 e. The molecule has 5 heteroatoms. The first-order valence-corrected chi connectivity index (χ1v) is 9.59. The molecule has 1 aromatic heterocycles. The normalized spacial score (nSPS) is 11.0. The number of aryl methyl sites for hydroxylation is 2. The summed E-state index contributed by atoms with van der Waals surface area (Å²) in [7, 11) is 0. The molecule has 0 radical (unpaired) electrons. The quantitative estimate of drug-likeness (QED) is 0.447. The minimum atomic E-state index is -1.01. The Morgan fingerprint density at radius 2 is 1.40 bits per heavy atom. The summed E-state index contributed by atoms with van der Waals surface area (Å²) < 4.78 is 5.85. The topological polar surface area (TPSA) is 87.7 Å². The molecule has 142 valence electrons. The van der Waals surface area contributed by atoms with Gasteiger partial charge in [-0.3, -0.25) is 4.79 Å². The van der Waals surface area contributed by atoms with E-state index < -0.39 is 11.9 Å². The first-order valence-electron chi connectivity index (χ1n) is 9.59. The molecule has 1 aromatic rings. The van der Waals surface area contributed by atoms with E-state index in [4.69, 9.17) is 9.52 Å². The fraction of sp³-hybridized carbons (Fsp3) is 0.700. The maximum Gasteiger partial charge on any atom is 0.339 e. The maximum absolute atomic E-state index is 11.7. The highest BCUT2D eigenvalue weighted by molar-refractivity contribution is 5.91. The van der Waals surface area contributed by atoms with Gasteiger partial charge >= 0.3 is 11.9 Å². The van der Waals surface area contributed by atoms with Crippen LogP contribution in [0.25, 0.3) is 0 Å². The highest BCUT2D eigenvalue weighted by Crippen LogP contribution is 2.28. The van der Waals surface area contributed by atoms with Gasteiger partial charge in [0.05, 0.1) is 6.42 Å². The molecule has 0 aromatic carbocycles. The van der Waals surface area contributed by atoms with Crippen molar-refractivity contribution in [3.05, 3.63) is 22.6 Å². The second-order valence-corrected chi connectivity index (χ2v) is 6.62. The number of unbranched alkanes of at least 4 members (excludes halogenated alkanes) is 6. The predicted molar refractivity (Wildman–Crippen MR) is 97.3 cm³/mol. The zero-order chi connectivity index (χ0) is 18.7. The summed E-state index contributed by atoms with van der Waals surface area (Å²) in [5.74, 6) is -0.871. The Hall–Kier alpha value is -1.78. The van der Waals surface area contributed by atoms with Gasteiger partial charge in [0.25, 0.3) is 0 Å². The van der Waals surface area contributed by atoms with E-state index in [0.29, 0.717) is 12.2 Å². The van der Waals surface area contributed by atoms with Crippen molar-refractivity contribution in [3.63, 3.8) is 0 Å². The third kappa shape index (κ3) is 7.32. The van der Waals surface area contributed by atoms with Crippen LogP contribution < -0.4 is 0 Å². The lowest BCUT2D eigenvalue weighted by Gasteiger charge is -2.04. The number of carboxylic acids is 2. The van der Waals surface area contributed by atoms with Crippen LogP contribution in [-0.4, -0.2) is 22.2 Å². The first kappa shape index (κ1) is 21.3. The van der Waals surface area contributed by atoms with Gasteiger partial charge in [-0.1, -0.05) is 52.4 Å². The summed E-state index contributed by atoms with van der Waals surface area (Å²) in [6.07, 6.45) is 10.2. The van der Waals surface area contributed by atoms with Gasteiger partial charge in [0.15, 0.2) is 0 Å².